The zero-order valence-corrected chi connectivity index (χ0v) is 11.5. The van der Waals surface area contributed by atoms with Crippen molar-refractivity contribution in [1.29, 1.82) is 0 Å². The van der Waals surface area contributed by atoms with E-state index in [0.29, 0.717) is 6.54 Å². The van der Waals surface area contributed by atoms with Gasteiger partial charge in [0, 0.05) is 6.04 Å². The maximum absolute atomic E-state index is 13.0. The maximum Gasteiger partial charge on any atom is 0.393 e. The lowest BCUT2D eigenvalue weighted by Crippen LogP contribution is -2.49. The van der Waals surface area contributed by atoms with Gasteiger partial charge in [0.1, 0.15) is 0 Å². The Bertz CT molecular complexity index is 291. The smallest absolute Gasteiger partial charge is 0.393 e. The van der Waals surface area contributed by atoms with E-state index in [0.717, 1.165) is 18.8 Å². The van der Waals surface area contributed by atoms with E-state index in [-0.39, 0.29) is 19.3 Å². The van der Waals surface area contributed by atoms with Gasteiger partial charge in [0.25, 0.3) is 0 Å². The summed E-state index contributed by atoms with van der Waals surface area (Å²) in [6.45, 7) is 0.709. The van der Waals surface area contributed by atoms with E-state index >= 15 is 0 Å². The summed E-state index contributed by atoms with van der Waals surface area (Å²) in [4.78, 5) is 1.82. The lowest BCUT2D eigenvalue weighted by atomic mass is 9.81. The van der Waals surface area contributed by atoms with Crippen LogP contribution in [0.1, 0.15) is 44.9 Å². The van der Waals surface area contributed by atoms with E-state index in [1.54, 1.807) is 7.05 Å². The predicted molar refractivity (Wildman–Crippen MR) is 67.8 cm³/mol. The van der Waals surface area contributed by atoms with Crippen LogP contribution >= 0.6 is 0 Å². The molecule has 2 nitrogen and oxygen atoms in total. The molecule has 2 saturated carbocycles. The van der Waals surface area contributed by atoms with Crippen LogP contribution in [0.2, 0.25) is 0 Å². The molecule has 3 unspecified atom stereocenters. The van der Waals surface area contributed by atoms with Crippen LogP contribution in [-0.4, -0.2) is 41.9 Å². The molecule has 0 heterocycles. The van der Waals surface area contributed by atoms with Gasteiger partial charge in [0.2, 0.25) is 0 Å². The SMILES string of the molecule is CN(CCCC1CC1)C1CC(O)CCC1C(F)(F)F. The van der Waals surface area contributed by atoms with Gasteiger partial charge in [0.15, 0.2) is 0 Å². The topological polar surface area (TPSA) is 23.5 Å². The van der Waals surface area contributed by atoms with Crippen molar-refractivity contribution >= 4 is 0 Å². The van der Waals surface area contributed by atoms with Crippen LogP contribution < -0.4 is 0 Å². The third-order valence-electron chi connectivity index (χ3n) is 4.60. The number of aliphatic hydroxyl groups excluding tert-OH is 1. The Balaban J connectivity index is 1.87. The van der Waals surface area contributed by atoms with Gasteiger partial charge in [-0.2, -0.15) is 13.2 Å². The summed E-state index contributed by atoms with van der Waals surface area (Å²) in [5.74, 6) is -0.453. The number of alkyl halides is 3. The highest BCUT2D eigenvalue weighted by molar-refractivity contribution is 4.89. The minimum atomic E-state index is -4.14. The first-order valence-electron chi connectivity index (χ1n) is 7.33. The lowest BCUT2D eigenvalue weighted by molar-refractivity contribution is -0.203. The summed E-state index contributed by atoms with van der Waals surface area (Å²) < 4.78 is 39.1. The first-order chi connectivity index (χ1) is 8.88. The summed E-state index contributed by atoms with van der Waals surface area (Å²) in [6, 6.07) is -0.553. The van der Waals surface area contributed by atoms with E-state index in [1.165, 1.54) is 12.8 Å². The predicted octanol–water partition coefficient (Wildman–Crippen LogP) is 3.20. The maximum atomic E-state index is 13.0. The van der Waals surface area contributed by atoms with Crippen molar-refractivity contribution in [3.05, 3.63) is 0 Å². The second kappa shape index (κ2) is 6.00. The number of aliphatic hydroxyl groups is 1. The van der Waals surface area contributed by atoms with E-state index in [9.17, 15) is 18.3 Å². The first-order valence-corrected chi connectivity index (χ1v) is 7.33. The van der Waals surface area contributed by atoms with E-state index in [1.807, 2.05) is 4.90 Å². The number of nitrogens with zero attached hydrogens (tertiary/aromatic N) is 1. The molecule has 0 aromatic heterocycles. The van der Waals surface area contributed by atoms with E-state index in [2.05, 4.69) is 0 Å². The summed E-state index contributed by atoms with van der Waals surface area (Å²) in [5, 5.41) is 9.64. The van der Waals surface area contributed by atoms with Gasteiger partial charge in [0.05, 0.1) is 12.0 Å². The normalized spacial score (nSPS) is 32.8. The molecule has 5 heteroatoms. The minimum absolute atomic E-state index is 0.0578. The fraction of sp³-hybridized carbons (Fsp3) is 1.00. The van der Waals surface area contributed by atoms with Crippen LogP contribution in [0.5, 0.6) is 0 Å². The summed E-state index contributed by atoms with van der Waals surface area (Å²) in [7, 11) is 1.77. The molecule has 2 aliphatic rings. The van der Waals surface area contributed by atoms with Crippen LogP contribution in [0.3, 0.4) is 0 Å². The first kappa shape index (κ1) is 15.1. The van der Waals surface area contributed by atoms with Crippen molar-refractivity contribution in [1.82, 2.24) is 4.90 Å². The molecule has 2 aliphatic carbocycles. The van der Waals surface area contributed by atoms with Gasteiger partial charge in [-0.3, -0.25) is 0 Å². The number of halogens is 3. The molecule has 0 bridgehead atoms. The van der Waals surface area contributed by atoms with Crippen molar-refractivity contribution in [2.45, 2.75) is 63.3 Å². The third kappa shape index (κ3) is 4.35. The Hall–Kier alpha value is -0.290. The number of hydrogen-bond donors (Lipinski definition) is 1. The van der Waals surface area contributed by atoms with Crippen molar-refractivity contribution < 1.29 is 18.3 Å². The van der Waals surface area contributed by atoms with Crippen LogP contribution in [0.15, 0.2) is 0 Å². The Morgan fingerprint density at radius 3 is 2.42 bits per heavy atom. The fourth-order valence-corrected chi connectivity index (χ4v) is 3.20. The van der Waals surface area contributed by atoms with Crippen molar-refractivity contribution in [3.63, 3.8) is 0 Å². The molecule has 0 aromatic carbocycles. The number of hydrogen-bond acceptors (Lipinski definition) is 2. The quantitative estimate of drug-likeness (QED) is 0.835. The molecule has 0 aromatic rings. The highest BCUT2D eigenvalue weighted by Crippen LogP contribution is 2.40. The molecule has 0 amide bonds. The van der Waals surface area contributed by atoms with Gasteiger partial charge >= 0.3 is 6.18 Å². The third-order valence-corrected chi connectivity index (χ3v) is 4.60. The molecule has 2 rings (SSSR count). The van der Waals surface area contributed by atoms with E-state index in [4.69, 9.17) is 0 Å². The van der Waals surface area contributed by atoms with Crippen LogP contribution in [0.4, 0.5) is 13.2 Å². The molecule has 0 spiro atoms. The van der Waals surface area contributed by atoms with Crippen molar-refractivity contribution in [2.75, 3.05) is 13.6 Å². The average Bonchev–Trinajstić information content (AvgIpc) is 3.11. The van der Waals surface area contributed by atoms with Gasteiger partial charge in [-0.1, -0.05) is 12.8 Å². The van der Waals surface area contributed by atoms with Gasteiger partial charge in [-0.05, 0) is 51.6 Å². The van der Waals surface area contributed by atoms with Gasteiger partial charge in [-0.25, -0.2) is 0 Å². The van der Waals surface area contributed by atoms with Gasteiger partial charge < -0.3 is 10.0 Å². The molecule has 3 atom stereocenters. The molecule has 112 valence electrons. The van der Waals surface area contributed by atoms with E-state index < -0.39 is 24.2 Å². The van der Waals surface area contributed by atoms with Crippen LogP contribution in [0.25, 0.3) is 0 Å². The molecule has 2 fully saturated rings. The standard InChI is InChI=1S/C14H24F3NO/c1-18(8-2-3-10-4-5-10)13-9-11(19)6-7-12(13)14(15,16)17/h10-13,19H,2-9H2,1H3. The second-order valence-corrected chi connectivity index (χ2v) is 6.25. The number of rotatable bonds is 5. The van der Waals surface area contributed by atoms with Crippen molar-refractivity contribution in [2.24, 2.45) is 11.8 Å². The lowest BCUT2D eigenvalue weighted by Gasteiger charge is -2.40. The zero-order valence-electron chi connectivity index (χ0n) is 11.5. The largest absolute Gasteiger partial charge is 0.393 e. The summed E-state index contributed by atoms with van der Waals surface area (Å²) in [5.41, 5.74) is 0. The molecule has 0 saturated heterocycles. The monoisotopic (exact) mass is 279 g/mol. The highest BCUT2D eigenvalue weighted by Gasteiger charge is 2.48. The molecular weight excluding hydrogens is 255 g/mol. The molecular formula is C14H24F3NO. The molecule has 0 radical (unpaired) electrons. The second-order valence-electron chi connectivity index (χ2n) is 6.25. The van der Waals surface area contributed by atoms with Gasteiger partial charge in [-0.15, -0.1) is 0 Å². The minimum Gasteiger partial charge on any atom is -0.393 e. The summed E-state index contributed by atoms with van der Waals surface area (Å²) >= 11 is 0. The van der Waals surface area contributed by atoms with Crippen LogP contribution in [-0.2, 0) is 0 Å². The average molecular weight is 279 g/mol. The van der Waals surface area contributed by atoms with Crippen molar-refractivity contribution in [3.8, 4) is 0 Å². The Kier molecular flexibility index (Phi) is 4.77. The fourth-order valence-electron chi connectivity index (χ4n) is 3.20. The molecule has 0 aliphatic heterocycles. The summed E-state index contributed by atoms with van der Waals surface area (Å²) in [6.07, 6.45) is 0.552. The molecule has 19 heavy (non-hydrogen) atoms. The zero-order chi connectivity index (χ0) is 14.0. The molecule has 1 N–H and O–H groups in total. The highest BCUT2D eigenvalue weighted by atomic mass is 19.4. The Morgan fingerprint density at radius 2 is 1.84 bits per heavy atom. The Morgan fingerprint density at radius 1 is 1.16 bits per heavy atom. The Labute approximate surface area is 113 Å². The van der Waals surface area contributed by atoms with Crippen LogP contribution in [0, 0.1) is 11.8 Å².